The van der Waals surface area contributed by atoms with E-state index in [1.54, 1.807) is 0 Å². The molecule has 1 aromatic rings. The fourth-order valence-corrected chi connectivity index (χ4v) is 3.92. The van der Waals surface area contributed by atoms with E-state index in [1.807, 2.05) is 0 Å². The summed E-state index contributed by atoms with van der Waals surface area (Å²) in [5.74, 6) is 0. The Labute approximate surface area is 137 Å². The van der Waals surface area contributed by atoms with Crippen molar-refractivity contribution < 1.29 is 8.42 Å². The molecular formula is C10H10Cl5NO2S. The molecule has 1 aromatic carbocycles. The molecule has 0 aliphatic heterocycles. The Bertz CT molecular complexity index is 493. The number of alkyl halides is 4. The molecule has 0 atom stereocenters. The molecule has 0 aliphatic carbocycles. The van der Waals surface area contributed by atoms with Gasteiger partial charge in [-0.05, 0) is 24.3 Å². The summed E-state index contributed by atoms with van der Waals surface area (Å²) in [6.45, 7) is -0.214. The lowest BCUT2D eigenvalue weighted by Gasteiger charge is -2.23. The summed E-state index contributed by atoms with van der Waals surface area (Å²) in [6.07, 6.45) is 0. The molecule has 3 nitrogen and oxygen atoms in total. The number of sulfonamides is 1. The van der Waals surface area contributed by atoms with Gasteiger partial charge in [-0.2, -0.15) is 4.31 Å². The number of hydrogen-bond acceptors (Lipinski definition) is 2. The third-order valence-electron chi connectivity index (χ3n) is 2.13. The van der Waals surface area contributed by atoms with Gasteiger partial charge in [0.2, 0.25) is 10.0 Å². The molecule has 0 bridgehead atoms. The summed E-state index contributed by atoms with van der Waals surface area (Å²) in [6, 6.07) is 5.73. The topological polar surface area (TPSA) is 37.4 Å². The average Bonchev–Trinajstić information content (AvgIpc) is 2.27. The van der Waals surface area contributed by atoms with Gasteiger partial charge in [0.1, 0.15) is 9.67 Å². The number of hydrogen-bond donors (Lipinski definition) is 0. The quantitative estimate of drug-likeness (QED) is 0.696. The highest BCUT2D eigenvalue weighted by atomic mass is 35.5. The van der Waals surface area contributed by atoms with Crippen LogP contribution in [0.5, 0.6) is 0 Å². The van der Waals surface area contributed by atoms with Crippen LogP contribution in [0.3, 0.4) is 0 Å². The van der Waals surface area contributed by atoms with Crippen molar-refractivity contribution in [2.45, 2.75) is 14.6 Å². The van der Waals surface area contributed by atoms with Gasteiger partial charge in [-0.3, -0.25) is 0 Å². The Morgan fingerprint density at radius 1 is 0.947 bits per heavy atom. The lowest BCUT2D eigenvalue weighted by atomic mass is 10.4. The molecular weight excluding hydrogens is 375 g/mol. The first-order valence-corrected chi connectivity index (χ1v) is 8.62. The van der Waals surface area contributed by atoms with Gasteiger partial charge in [-0.25, -0.2) is 8.42 Å². The van der Waals surface area contributed by atoms with E-state index in [2.05, 4.69) is 0 Å². The highest BCUT2D eigenvalue weighted by molar-refractivity contribution is 7.89. The summed E-state index contributed by atoms with van der Waals surface area (Å²) in [7, 11) is -3.77. The van der Waals surface area contributed by atoms with Crippen LogP contribution in [-0.2, 0) is 10.0 Å². The highest BCUT2D eigenvalue weighted by Crippen LogP contribution is 2.21. The van der Waals surface area contributed by atoms with Crippen LogP contribution in [0.25, 0.3) is 0 Å². The molecule has 0 saturated heterocycles. The molecule has 0 N–H and O–H groups in total. The van der Waals surface area contributed by atoms with Crippen LogP contribution in [0.1, 0.15) is 0 Å². The predicted molar refractivity (Wildman–Crippen MR) is 81.2 cm³/mol. The van der Waals surface area contributed by atoms with E-state index >= 15 is 0 Å². The van der Waals surface area contributed by atoms with Crippen LogP contribution in [-0.4, -0.2) is 35.5 Å². The molecule has 0 spiro atoms. The molecule has 0 amide bonds. The van der Waals surface area contributed by atoms with Crippen molar-refractivity contribution >= 4 is 68.0 Å². The zero-order chi connectivity index (χ0) is 14.6. The van der Waals surface area contributed by atoms with E-state index in [0.29, 0.717) is 5.02 Å². The minimum Gasteiger partial charge on any atom is -0.207 e. The Hall–Kier alpha value is 0.580. The van der Waals surface area contributed by atoms with E-state index in [0.717, 1.165) is 4.31 Å². The van der Waals surface area contributed by atoms with Crippen molar-refractivity contribution in [2.75, 3.05) is 13.1 Å². The lowest BCUT2D eigenvalue weighted by Crippen LogP contribution is -2.37. The van der Waals surface area contributed by atoms with Crippen molar-refractivity contribution in [3.05, 3.63) is 29.3 Å². The number of halogens is 5. The van der Waals surface area contributed by atoms with E-state index in [4.69, 9.17) is 58.0 Å². The lowest BCUT2D eigenvalue weighted by molar-refractivity contribution is 0.437. The van der Waals surface area contributed by atoms with Crippen LogP contribution in [0, 0.1) is 0 Å². The first-order valence-electron chi connectivity index (χ1n) is 5.05. The summed E-state index contributed by atoms with van der Waals surface area (Å²) in [5, 5.41) is 0.436. The van der Waals surface area contributed by atoms with Crippen molar-refractivity contribution in [2.24, 2.45) is 0 Å². The van der Waals surface area contributed by atoms with E-state index < -0.39 is 19.7 Å². The molecule has 0 aromatic heterocycles. The fraction of sp³-hybridized carbons (Fsp3) is 0.400. The van der Waals surface area contributed by atoms with E-state index in [9.17, 15) is 8.42 Å². The van der Waals surface area contributed by atoms with E-state index in [1.165, 1.54) is 24.3 Å². The normalized spacial score (nSPS) is 12.6. The second kappa shape index (κ2) is 7.55. The third-order valence-corrected chi connectivity index (χ3v) is 4.78. The van der Waals surface area contributed by atoms with Gasteiger partial charge in [0.25, 0.3) is 0 Å². The maximum absolute atomic E-state index is 12.4. The largest absolute Gasteiger partial charge is 0.243 e. The second-order valence-corrected chi connectivity index (χ2v) is 8.49. The van der Waals surface area contributed by atoms with Crippen molar-refractivity contribution in [1.29, 1.82) is 0 Å². The van der Waals surface area contributed by atoms with Gasteiger partial charge in [-0.1, -0.05) is 11.6 Å². The smallest absolute Gasteiger partial charge is 0.207 e. The summed E-state index contributed by atoms with van der Waals surface area (Å²) in [4.78, 5) is -1.69. The van der Waals surface area contributed by atoms with Crippen molar-refractivity contribution in [3.8, 4) is 0 Å². The van der Waals surface area contributed by atoms with Gasteiger partial charge in [0, 0.05) is 18.1 Å². The zero-order valence-electron chi connectivity index (χ0n) is 9.44. The zero-order valence-corrected chi connectivity index (χ0v) is 14.0. The molecule has 0 heterocycles. The Kier molecular flexibility index (Phi) is 7.01. The number of nitrogens with zero attached hydrogens (tertiary/aromatic N) is 1. The van der Waals surface area contributed by atoms with Crippen molar-refractivity contribution in [1.82, 2.24) is 4.31 Å². The minimum atomic E-state index is -3.77. The predicted octanol–water partition coefficient (Wildman–Crippen LogP) is 3.94. The highest BCUT2D eigenvalue weighted by Gasteiger charge is 2.27. The summed E-state index contributed by atoms with van der Waals surface area (Å²) >= 11 is 28.2. The monoisotopic (exact) mass is 383 g/mol. The third kappa shape index (κ3) is 5.46. The van der Waals surface area contributed by atoms with Crippen LogP contribution < -0.4 is 0 Å². The molecule has 9 heteroatoms. The van der Waals surface area contributed by atoms with E-state index in [-0.39, 0.29) is 18.0 Å². The maximum Gasteiger partial charge on any atom is 0.243 e. The second-order valence-electron chi connectivity index (χ2n) is 3.56. The summed E-state index contributed by atoms with van der Waals surface area (Å²) in [5.41, 5.74) is 0. The van der Waals surface area contributed by atoms with Crippen LogP contribution >= 0.6 is 58.0 Å². The molecule has 0 fully saturated rings. The maximum atomic E-state index is 12.4. The molecule has 1 rings (SSSR count). The Morgan fingerprint density at radius 2 is 1.37 bits per heavy atom. The van der Waals surface area contributed by atoms with Gasteiger partial charge in [0.15, 0.2) is 0 Å². The summed E-state index contributed by atoms with van der Waals surface area (Å²) < 4.78 is 25.8. The van der Waals surface area contributed by atoms with Crippen LogP contribution in [0.2, 0.25) is 5.02 Å². The van der Waals surface area contributed by atoms with Crippen LogP contribution in [0.15, 0.2) is 29.2 Å². The molecule has 108 valence electrons. The van der Waals surface area contributed by atoms with Crippen molar-refractivity contribution in [3.63, 3.8) is 0 Å². The fourth-order valence-electron chi connectivity index (χ4n) is 1.33. The standard InChI is InChI=1S/C10H10Cl5NO2S/c11-7-1-3-8(4-2-7)19(17,18)16(5-9(12)13)6-10(14)15/h1-4,9-10H,5-6H2. The molecule has 0 saturated carbocycles. The first kappa shape index (κ1) is 17.6. The molecule has 0 radical (unpaired) electrons. The molecule has 0 aliphatic rings. The average molecular weight is 386 g/mol. The Morgan fingerprint density at radius 3 is 1.74 bits per heavy atom. The minimum absolute atomic E-state index is 0.0693. The SMILES string of the molecule is O=S(=O)(c1ccc(Cl)cc1)N(CC(Cl)Cl)CC(Cl)Cl. The first-order chi connectivity index (χ1) is 8.73. The number of benzene rings is 1. The number of rotatable bonds is 6. The van der Waals surface area contributed by atoms with Gasteiger partial charge >= 0.3 is 0 Å². The molecule has 19 heavy (non-hydrogen) atoms. The van der Waals surface area contributed by atoms with Gasteiger partial charge < -0.3 is 0 Å². The molecule has 0 unspecified atom stereocenters. The van der Waals surface area contributed by atoms with Gasteiger partial charge in [0.05, 0.1) is 4.90 Å². The Balaban J connectivity index is 3.07. The van der Waals surface area contributed by atoms with Crippen LogP contribution in [0.4, 0.5) is 0 Å². The van der Waals surface area contributed by atoms with Gasteiger partial charge in [-0.15, -0.1) is 46.4 Å².